The summed E-state index contributed by atoms with van der Waals surface area (Å²) in [7, 11) is 0. The highest BCUT2D eigenvalue weighted by Crippen LogP contribution is 2.52. The fourth-order valence-corrected chi connectivity index (χ4v) is 4.89. The van der Waals surface area contributed by atoms with E-state index in [-0.39, 0.29) is 5.41 Å². The van der Waals surface area contributed by atoms with Gasteiger partial charge in [-0.15, -0.1) is 0 Å². The van der Waals surface area contributed by atoms with Crippen LogP contribution < -0.4 is 0 Å². The highest BCUT2D eigenvalue weighted by Gasteiger charge is 2.38. The van der Waals surface area contributed by atoms with Gasteiger partial charge in [0.1, 0.15) is 0 Å². The van der Waals surface area contributed by atoms with Crippen LogP contribution in [0.5, 0.6) is 0 Å². The van der Waals surface area contributed by atoms with E-state index in [2.05, 4.69) is 57.2 Å². The molecule has 4 rings (SSSR count). The van der Waals surface area contributed by atoms with Crippen molar-refractivity contribution in [2.45, 2.75) is 52.9 Å². The Morgan fingerprint density at radius 2 is 1.91 bits per heavy atom. The molecule has 0 heteroatoms. The highest BCUT2D eigenvalue weighted by molar-refractivity contribution is 5.61. The fourth-order valence-electron chi connectivity index (χ4n) is 4.89. The quantitative estimate of drug-likeness (QED) is 0.567. The van der Waals surface area contributed by atoms with Gasteiger partial charge in [0.15, 0.2) is 0 Å². The van der Waals surface area contributed by atoms with Crippen LogP contribution in [0.1, 0.15) is 52.9 Å². The average molecular weight is 290 g/mol. The summed E-state index contributed by atoms with van der Waals surface area (Å²) >= 11 is 0. The van der Waals surface area contributed by atoms with Gasteiger partial charge in [0.25, 0.3) is 0 Å². The Morgan fingerprint density at radius 1 is 1.09 bits per heavy atom. The Hall–Kier alpha value is -1.56. The van der Waals surface area contributed by atoms with Crippen LogP contribution in [-0.2, 0) is 0 Å². The smallest absolute Gasteiger partial charge is 0.0243 e. The third kappa shape index (κ3) is 1.96. The largest absolute Gasteiger partial charge is 0.0804 e. The Morgan fingerprint density at radius 3 is 2.68 bits per heavy atom. The maximum Gasteiger partial charge on any atom is 0.0243 e. The van der Waals surface area contributed by atoms with Gasteiger partial charge in [-0.2, -0.15) is 0 Å². The number of allylic oxidation sites excluding steroid dienone is 12. The maximum atomic E-state index is 2.54. The maximum absolute atomic E-state index is 2.54. The monoisotopic (exact) mass is 290 g/mol. The summed E-state index contributed by atoms with van der Waals surface area (Å²) in [6, 6.07) is 0. The van der Waals surface area contributed by atoms with Gasteiger partial charge >= 0.3 is 0 Å². The lowest BCUT2D eigenvalue weighted by atomic mass is 9.71. The number of rotatable bonds is 2. The molecule has 0 amide bonds. The molecule has 0 aromatic heterocycles. The van der Waals surface area contributed by atoms with Gasteiger partial charge in [0.2, 0.25) is 0 Å². The Labute approximate surface area is 134 Å². The summed E-state index contributed by atoms with van der Waals surface area (Å²) in [4.78, 5) is 0. The molecule has 0 bridgehead atoms. The molecule has 4 aliphatic carbocycles. The van der Waals surface area contributed by atoms with Gasteiger partial charge in [-0.3, -0.25) is 0 Å². The second-order valence-corrected chi connectivity index (χ2v) is 7.70. The number of hydrogen-bond donors (Lipinski definition) is 0. The lowest BCUT2D eigenvalue weighted by Crippen LogP contribution is -2.20. The lowest BCUT2D eigenvalue weighted by molar-refractivity contribution is 0.532. The highest BCUT2D eigenvalue weighted by atomic mass is 14.4. The van der Waals surface area contributed by atoms with Gasteiger partial charge in [-0.1, -0.05) is 61.4 Å². The molecule has 1 atom stereocenters. The second-order valence-electron chi connectivity index (χ2n) is 7.70. The predicted octanol–water partition coefficient (Wildman–Crippen LogP) is 6.21. The third-order valence-electron chi connectivity index (χ3n) is 6.03. The van der Waals surface area contributed by atoms with Crippen molar-refractivity contribution in [2.75, 3.05) is 0 Å². The van der Waals surface area contributed by atoms with Crippen LogP contribution in [0, 0.1) is 11.3 Å². The molecule has 0 aromatic rings. The molecule has 22 heavy (non-hydrogen) atoms. The van der Waals surface area contributed by atoms with E-state index >= 15 is 0 Å². The van der Waals surface area contributed by atoms with Crippen LogP contribution in [0.3, 0.4) is 0 Å². The molecule has 0 N–H and O–H groups in total. The van der Waals surface area contributed by atoms with Crippen molar-refractivity contribution >= 4 is 0 Å². The van der Waals surface area contributed by atoms with Crippen molar-refractivity contribution in [2.24, 2.45) is 11.3 Å². The van der Waals surface area contributed by atoms with Gasteiger partial charge in [-0.05, 0) is 61.3 Å². The van der Waals surface area contributed by atoms with Crippen molar-refractivity contribution in [1.82, 2.24) is 0 Å². The number of hydrogen-bond acceptors (Lipinski definition) is 0. The molecule has 4 aliphatic rings. The van der Waals surface area contributed by atoms with Crippen molar-refractivity contribution < 1.29 is 0 Å². The minimum absolute atomic E-state index is 0.144. The predicted molar refractivity (Wildman–Crippen MR) is 94.5 cm³/mol. The first kappa shape index (κ1) is 14.1. The van der Waals surface area contributed by atoms with E-state index in [1.165, 1.54) is 31.3 Å². The van der Waals surface area contributed by atoms with Crippen LogP contribution in [0.15, 0.2) is 69.9 Å². The van der Waals surface area contributed by atoms with Crippen molar-refractivity contribution in [3.05, 3.63) is 69.9 Å². The molecule has 0 heterocycles. The molecular weight excluding hydrogens is 264 g/mol. The third-order valence-corrected chi connectivity index (χ3v) is 6.03. The minimum Gasteiger partial charge on any atom is -0.0804 e. The van der Waals surface area contributed by atoms with Crippen LogP contribution in [0.2, 0.25) is 0 Å². The fraction of sp³-hybridized carbons (Fsp3) is 0.455. The normalized spacial score (nSPS) is 27.1. The van der Waals surface area contributed by atoms with E-state index in [0.717, 1.165) is 6.42 Å². The Bertz CT molecular complexity index is 698. The van der Waals surface area contributed by atoms with E-state index in [0.29, 0.717) is 5.92 Å². The van der Waals surface area contributed by atoms with Crippen LogP contribution in [-0.4, -0.2) is 0 Å². The van der Waals surface area contributed by atoms with Gasteiger partial charge in [0, 0.05) is 11.3 Å². The van der Waals surface area contributed by atoms with Gasteiger partial charge in [0.05, 0.1) is 0 Å². The van der Waals surface area contributed by atoms with E-state index < -0.39 is 0 Å². The van der Waals surface area contributed by atoms with Gasteiger partial charge < -0.3 is 0 Å². The van der Waals surface area contributed by atoms with Gasteiger partial charge in [-0.25, -0.2) is 0 Å². The lowest BCUT2D eigenvalue weighted by Gasteiger charge is -2.33. The summed E-state index contributed by atoms with van der Waals surface area (Å²) in [5, 5.41) is 0. The SMILES string of the molecule is CC1=CC2C(=C1C(C)(C)C1=CC=CC1)C=CC1=C2CCCC1. The second kappa shape index (κ2) is 4.98. The first-order valence-corrected chi connectivity index (χ1v) is 8.78. The minimum atomic E-state index is 0.144. The zero-order valence-electron chi connectivity index (χ0n) is 14.1. The molecule has 0 aliphatic heterocycles. The summed E-state index contributed by atoms with van der Waals surface area (Å²) < 4.78 is 0. The summed E-state index contributed by atoms with van der Waals surface area (Å²) in [6.45, 7) is 7.14. The topological polar surface area (TPSA) is 0 Å². The molecule has 0 fully saturated rings. The summed E-state index contributed by atoms with van der Waals surface area (Å²) in [5.41, 5.74) is 9.71. The summed E-state index contributed by atoms with van der Waals surface area (Å²) in [5.74, 6) is 0.574. The molecule has 0 spiro atoms. The van der Waals surface area contributed by atoms with Crippen LogP contribution >= 0.6 is 0 Å². The average Bonchev–Trinajstić information content (AvgIpc) is 3.14. The van der Waals surface area contributed by atoms with E-state index in [9.17, 15) is 0 Å². The molecule has 1 unspecified atom stereocenters. The van der Waals surface area contributed by atoms with E-state index in [1.54, 1.807) is 27.9 Å². The Balaban J connectivity index is 1.80. The zero-order chi connectivity index (χ0) is 15.3. The zero-order valence-corrected chi connectivity index (χ0v) is 14.1. The van der Waals surface area contributed by atoms with Crippen molar-refractivity contribution in [3.8, 4) is 0 Å². The van der Waals surface area contributed by atoms with E-state index in [1.807, 2.05) is 0 Å². The first-order valence-electron chi connectivity index (χ1n) is 8.78. The molecule has 114 valence electrons. The first-order chi connectivity index (χ1) is 10.6. The van der Waals surface area contributed by atoms with Crippen molar-refractivity contribution in [1.29, 1.82) is 0 Å². The van der Waals surface area contributed by atoms with Crippen LogP contribution in [0.25, 0.3) is 0 Å². The molecule has 0 radical (unpaired) electrons. The molecule has 0 saturated carbocycles. The van der Waals surface area contributed by atoms with E-state index in [4.69, 9.17) is 0 Å². The number of fused-ring (bicyclic) bond motifs is 2. The Kier molecular flexibility index (Phi) is 3.18. The standard InChI is InChI=1S/C22H26/c1-15-14-20-18-11-7-4-8-16(18)12-13-19(20)21(15)22(2,3)17-9-5-6-10-17/h5-6,9,12-14,20H,4,7-8,10-11H2,1-3H3. The summed E-state index contributed by atoms with van der Waals surface area (Å²) in [6.07, 6.45) is 20.7. The molecule has 0 saturated heterocycles. The molecule has 0 nitrogen and oxygen atoms in total. The van der Waals surface area contributed by atoms with Crippen molar-refractivity contribution in [3.63, 3.8) is 0 Å². The molecular formula is C22H26. The molecule has 0 aromatic carbocycles. The van der Waals surface area contributed by atoms with Crippen LogP contribution in [0.4, 0.5) is 0 Å².